The summed E-state index contributed by atoms with van der Waals surface area (Å²) in [5.74, 6) is -0.132. The number of nitrogens with zero attached hydrogens (tertiary/aromatic N) is 1. The molecule has 1 heterocycles. The highest BCUT2D eigenvalue weighted by molar-refractivity contribution is 7.85. The quantitative estimate of drug-likeness (QED) is 0.431. The van der Waals surface area contributed by atoms with E-state index in [9.17, 15) is 8.42 Å². The van der Waals surface area contributed by atoms with Crippen LogP contribution < -0.4 is 6.15 Å². The number of rotatable bonds is 3. The van der Waals surface area contributed by atoms with E-state index in [1.165, 1.54) is 0 Å². The van der Waals surface area contributed by atoms with Crippen molar-refractivity contribution in [1.82, 2.24) is 11.1 Å². The van der Waals surface area contributed by atoms with Gasteiger partial charge in [0.05, 0.1) is 5.75 Å². The van der Waals surface area contributed by atoms with Gasteiger partial charge in [0.1, 0.15) is 0 Å². The van der Waals surface area contributed by atoms with E-state index in [0.717, 1.165) is 13.1 Å². The van der Waals surface area contributed by atoms with Crippen LogP contribution in [0.25, 0.3) is 0 Å². The smallest absolute Gasteiger partial charge is 0.266 e. The molecule has 1 aliphatic heterocycles. The number of hydrogen-bond acceptors (Lipinski definition) is 4. The van der Waals surface area contributed by atoms with Crippen molar-refractivity contribution in [2.75, 3.05) is 25.4 Å². The van der Waals surface area contributed by atoms with Crippen LogP contribution in [0, 0.1) is 0 Å². The van der Waals surface area contributed by atoms with Crippen molar-refractivity contribution in [2.45, 2.75) is 0 Å². The average molecular weight is 168 g/mol. The minimum atomic E-state index is -3.72. The molecule has 5 nitrogen and oxygen atoms in total. The fourth-order valence-electron chi connectivity index (χ4n) is 0.539. The molecule has 0 spiro atoms. The Hall–Kier alpha value is -0.170. The third kappa shape index (κ3) is 4.68. The molecule has 1 fully saturated rings. The van der Waals surface area contributed by atoms with Gasteiger partial charge < -0.3 is 6.15 Å². The van der Waals surface area contributed by atoms with Crippen LogP contribution in [-0.2, 0) is 10.1 Å². The van der Waals surface area contributed by atoms with Gasteiger partial charge in [0, 0.05) is 19.6 Å². The molecule has 0 saturated carbocycles. The molecule has 1 saturated heterocycles. The van der Waals surface area contributed by atoms with Gasteiger partial charge in [0.25, 0.3) is 10.1 Å². The van der Waals surface area contributed by atoms with Gasteiger partial charge in [-0.2, -0.15) is 8.42 Å². The van der Waals surface area contributed by atoms with Gasteiger partial charge >= 0.3 is 0 Å². The van der Waals surface area contributed by atoms with E-state index in [4.69, 9.17) is 4.55 Å². The predicted molar refractivity (Wildman–Crippen MR) is 37.9 cm³/mol. The first-order valence-corrected chi connectivity index (χ1v) is 4.36. The van der Waals surface area contributed by atoms with Gasteiger partial charge in [-0.25, -0.2) is 0 Å². The van der Waals surface area contributed by atoms with Crippen molar-refractivity contribution in [2.24, 2.45) is 0 Å². The minimum Gasteiger partial charge on any atom is -0.344 e. The summed E-state index contributed by atoms with van der Waals surface area (Å²) in [6, 6.07) is 0. The topological polar surface area (TPSA) is 92.4 Å². The molecule has 0 radical (unpaired) electrons. The summed E-state index contributed by atoms with van der Waals surface area (Å²) in [6.07, 6.45) is 0. The normalized spacial score (nSPS) is 18.1. The van der Waals surface area contributed by atoms with Crippen LogP contribution in [0.4, 0.5) is 0 Å². The second kappa shape index (κ2) is 3.29. The van der Waals surface area contributed by atoms with E-state index in [1.807, 2.05) is 4.90 Å². The molecular formula is C4H12N2O3S. The molecule has 1 aliphatic rings. The Morgan fingerprint density at radius 3 is 2.20 bits per heavy atom. The third-order valence-corrected chi connectivity index (χ3v) is 1.90. The first kappa shape index (κ1) is 9.83. The Labute approximate surface area is 60.4 Å². The van der Waals surface area contributed by atoms with Crippen molar-refractivity contribution < 1.29 is 13.0 Å². The van der Waals surface area contributed by atoms with Crippen LogP contribution in [0.15, 0.2) is 0 Å². The van der Waals surface area contributed by atoms with Gasteiger partial charge in [-0.05, 0) is 0 Å². The lowest BCUT2D eigenvalue weighted by molar-refractivity contribution is 0.473. The Balaban J connectivity index is 0.000000810. The summed E-state index contributed by atoms with van der Waals surface area (Å²) in [6.45, 7) is 2.41. The summed E-state index contributed by atoms with van der Waals surface area (Å²) < 4.78 is 28.4. The molecule has 0 atom stereocenters. The second-order valence-corrected chi connectivity index (χ2v) is 3.70. The molecule has 1 rings (SSSR count). The largest absolute Gasteiger partial charge is 0.344 e. The van der Waals surface area contributed by atoms with E-state index >= 15 is 0 Å². The molecular weight excluding hydrogens is 156 g/mol. The lowest BCUT2D eigenvalue weighted by atomic mass is 10.8. The lowest BCUT2D eigenvalue weighted by Crippen LogP contribution is -2.13. The Morgan fingerprint density at radius 2 is 1.90 bits per heavy atom. The van der Waals surface area contributed by atoms with Crippen molar-refractivity contribution in [1.29, 1.82) is 0 Å². The third-order valence-electron chi connectivity index (χ3n) is 1.21. The molecule has 0 aliphatic carbocycles. The molecule has 0 aromatic rings. The number of hydrogen-bond donors (Lipinski definition) is 2. The van der Waals surface area contributed by atoms with Gasteiger partial charge in [-0.1, -0.05) is 0 Å². The van der Waals surface area contributed by atoms with Crippen molar-refractivity contribution in [3.8, 4) is 0 Å². The van der Waals surface area contributed by atoms with Crippen molar-refractivity contribution >= 4 is 10.1 Å². The van der Waals surface area contributed by atoms with Crippen LogP contribution in [-0.4, -0.2) is 43.3 Å². The van der Waals surface area contributed by atoms with Crippen LogP contribution in [0.3, 0.4) is 0 Å². The highest BCUT2D eigenvalue weighted by Gasteiger charge is 2.18. The minimum absolute atomic E-state index is 0. The summed E-state index contributed by atoms with van der Waals surface area (Å²) in [5, 5.41) is 0. The fourth-order valence-corrected chi connectivity index (χ4v) is 1.03. The summed E-state index contributed by atoms with van der Waals surface area (Å²) in [4.78, 5) is 1.94. The molecule has 0 bridgehead atoms. The summed E-state index contributed by atoms with van der Waals surface area (Å²) in [5.41, 5.74) is 0. The molecule has 10 heavy (non-hydrogen) atoms. The van der Waals surface area contributed by atoms with E-state index in [2.05, 4.69) is 0 Å². The van der Waals surface area contributed by atoms with E-state index in [1.54, 1.807) is 0 Å². The van der Waals surface area contributed by atoms with E-state index in [0.29, 0.717) is 6.54 Å². The molecule has 0 aromatic heterocycles. The van der Waals surface area contributed by atoms with Crippen LogP contribution >= 0.6 is 0 Å². The fraction of sp³-hybridized carbons (Fsp3) is 1.00. The first-order chi connectivity index (χ1) is 4.08. The molecule has 62 valence electrons. The zero-order valence-electron chi connectivity index (χ0n) is 5.65. The van der Waals surface area contributed by atoms with Gasteiger partial charge in [-0.15, -0.1) is 0 Å². The van der Waals surface area contributed by atoms with E-state index in [-0.39, 0.29) is 11.9 Å². The standard InChI is InChI=1S/C4H9NO3S.H3N/c6-9(7,8)4-3-5-1-2-5;/h1-4H2,(H,6,7,8);1H3. The summed E-state index contributed by atoms with van der Waals surface area (Å²) in [7, 11) is -3.72. The predicted octanol–water partition coefficient (Wildman–Crippen LogP) is -0.648. The van der Waals surface area contributed by atoms with Crippen LogP contribution in [0.1, 0.15) is 0 Å². The zero-order chi connectivity index (χ0) is 6.91. The first-order valence-electron chi connectivity index (χ1n) is 2.75. The zero-order valence-corrected chi connectivity index (χ0v) is 6.47. The Morgan fingerprint density at radius 1 is 1.40 bits per heavy atom. The molecule has 0 amide bonds. The maximum absolute atomic E-state index is 10.1. The SMILES string of the molecule is N.O=S(=O)(O)CCN1CC1. The average Bonchev–Trinajstić information content (AvgIpc) is 2.38. The van der Waals surface area contributed by atoms with Crippen molar-refractivity contribution in [3.63, 3.8) is 0 Å². The monoisotopic (exact) mass is 168 g/mol. The maximum atomic E-state index is 10.1. The molecule has 0 aromatic carbocycles. The van der Waals surface area contributed by atoms with Gasteiger partial charge in [-0.3, -0.25) is 9.45 Å². The highest BCUT2D eigenvalue weighted by Crippen LogP contribution is 2.01. The lowest BCUT2D eigenvalue weighted by Gasteiger charge is -1.95. The van der Waals surface area contributed by atoms with Crippen LogP contribution in [0.2, 0.25) is 0 Å². The van der Waals surface area contributed by atoms with E-state index < -0.39 is 10.1 Å². The molecule has 4 N–H and O–H groups in total. The van der Waals surface area contributed by atoms with Gasteiger partial charge in [0.2, 0.25) is 0 Å². The highest BCUT2D eigenvalue weighted by atomic mass is 32.2. The van der Waals surface area contributed by atoms with Crippen molar-refractivity contribution in [3.05, 3.63) is 0 Å². The maximum Gasteiger partial charge on any atom is 0.266 e. The Kier molecular flexibility index (Phi) is 3.23. The molecule has 0 unspecified atom stereocenters. The summed E-state index contributed by atoms with van der Waals surface area (Å²) >= 11 is 0. The Bertz CT molecular complexity index is 185. The van der Waals surface area contributed by atoms with Crippen LogP contribution in [0.5, 0.6) is 0 Å². The molecule has 6 heteroatoms. The second-order valence-electron chi connectivity index (χ2n) is 2.13. The van der Waals surface area contributed by atoms with Gasteiger partial charge in [0.15, 0.2) is 0 Å².